The summed E-state index contributed by atoms with van der Waals surface area (Å²) < 4.78 is 4.60. The number of methoxy groups -OCH3 is 1. The lowest BCUT2D eigenvalue weighted by molar-refractivity contribution is -0.384. The van der Waals surface area contributed by atoms with E-state index < -0.39 is 10.9 Å². The van der Waals surface area contributed by atoms with Crippen molar-refractivity contribution < 1.29 is 14.5 Å². The minimum atomic E-state index is -0.640. The molecule has 6 nitrogen and oxygen atoms in total. The van der Waals surface area contributed by atoms with E-state index in [1.807, 2.05) is 0 Å². The first-order chi connectivity index (χ1) is 9.88. The largest absolute Gasteiger partial charge is 0.465 e. The Labute approximate surface area is 122 Å². The first-order valence-corrected chi connectivity index (χ1v) is 6.13. The van der Waals surface area contributed by atoms with Gasteiger partial charge in [0.15, 0.2) is 0 Å². The number of carbonyl (C=O) groups is 1. The Hall–Kier alpha value is -2.76. The lowest BCUT2D eigenvalue weighted by Gasteiger charge is -2.05. The Morgan fingerprint density at radius 1 is 1.38 bits per heavy atom. The number of nitrogens with zero attached hydrogens (tertiary/aromatic N) is 2. The van der Waals surface area contributed by atoms with Gasteiger partial charge in [-0.1, -0.05) is 12.7 Å². The number of aliphatic imine (C=N–C) groups is 1. The molecule has 110 valence electrons. The van der Waals surface area contributed by atoms with Crippen molar-refractivity contribution in [3.05, 3.63) is 57.7 Å². The molecule has 0 N–H and O–H groups in total. The smallest absolute Gasteiger partial charge is 0.338 e. The lowest BCUT2D eigenvalue weighted by Crippen LogP contribution is -2.03. The zero-order chi connectivity index (χ0) is 16.0. The molecule has 0 aliphatic rings. The summed E-state index contributed by atoms with van der Waals surface area (Å²) in [6.45, 7) is 7.23. The maximum absolute atomic E-state index is 11.6. The summed E-state index contributed by atoms with van der Waals surface area (Å²) in [7, 11) is 1.22. The Morgan fingerprint density at radius 2 is 2.00 bits per heavy atom. The van der Waals surface area contributed by atoms with E-state index in [1.54, 1.807) is 26.1 Å². The average Bonchev–Trinajstić information content (AvgIpc) is 2.46. The molecule has 0 saturated carbocycles. The molecule has 0 saturated heterocycles. The van der Waals surface area contributed by atoms with Crippen LogP contribution < -0.4 is 0 Å². The molecule has 0 aliphatic carbocycles. The van der Waals surface area contributed by atoms with Crippen molar-refractivity contribution in [2.24, 2.45) is 4.99 Å². The van der Waals surface area contributed by atoms with E-state index in [1.165, 1.54) is 25.3 Å². The molecule has 0 bridgehead atoms. The van der Waals surface area contributed by atoms with Crippen LogP contribution in [-0.2, 0) is 4.74 Å². The SMILES string of the molecule is C=C(C)/C=N\C(=C/C)c1cc(C(=O)OC)cc([N+](=O)[O-])c1. The van der Waals surface area contributed by atoms with Gasteiger partial charge < -0.3 is 4.74 Å². The molecule has 0 heterocycles. The van der Waals surface area contributed by atoms with Crippen molar-refractivity contribution in [1.82, 2.24) is 0 Å². The minimum Gasteiger partial charge on any atom is -0.465 e. The average molecular weight is 288 g/mol. The van der Waals surface area contributed by atoms with E-state index in [-0.39, 0.29) is 11.3 Å². The zero-order valence-corrected chi connectivity index (χ0v) is 12.1. The maximum atomic E-state index is 11.6. The van der Waals surface area contributed by atoms with Crippen molar-refractivity contribution in [3.63, 3.8) is 0 Å². The van der Waals surface area contributed by atoms with Gasteiger partial charge in [0.25, 0.3) is 5.69 Å². The predicted molar refractivity (Wildman–Crippen MR) is 81.4 cm³/mol. The molecular weight excluding hydrogens is 272 g/mol. The number of carbonyl (C=O) groups excluding carboxylic acids is 1. The van der Waals surface area contributed by atoms with Crippen LogP contribution >= 0.6 is 0 Å². The fraction of sp³-hybridized carbons (Fsp3) is 0.200. The molecule has 6 heteroatoms. The highest BCUT2D eigenvalue weighted by Crippen LogP contribution is 2.24. The summed E-state index contributed by atoms with van der Waals surface area (Å²) in [5, 5.41) is 11.0. The topological polar surface area (TPSA) is 81.8 Å². The highest BCUT2D eigenvalue weighted by molar-refractivity contribution is 5.92. The van der Waals surface area contributed by atoms with Crippen LogP contribution in [0.2, 0.25) is 0 Å². The Kier molecular flexibility index (Phi) is 5.54. The van der Waals surface area contributed by atoms with Crippen molar-refractivity contribution >= 4 is 23.6 Å². The molecule has 0 fully saturated rings. The van der Waals surface area contributed by atoms with Gasteiger partial charge in [-0.25, -0.2) is 4.79 Å². The summed E-state index contributed by atoms with van der Waals surface area (Å²) in [5.41, 5.74) is 1.62. The van der Waals surface area contributed by atoms with Gasteiger partial charge in [-0.05, 0) is 25.5 Å². The lowest BCUT2D eigenvalue weighted by atomic mass is 10.1. The van der Waals surface area contributed by atoms with Crippen LogP contribution in [0, 0.1) is 10.1 Å². The molecule has 21 heavy (non-hydrogen) atoms. The monoisotopic (exact) mass is 288 g/mol. The third-order valence-corrected chi connectivity index (χ3v) is 2.54. The molecule has 0 radical (unpaired) electrons. The number of hydrogen-bond acceptors (Lipinski definition) is 5. The molecule has 0 aromatic heterocycles. The van der Waals surface area contributed by atoms with Crippen LogP contribution in [0.4, 0.5) is 5.69 Å². The number of ether oxygens (including phenoxy) is 1. The molecule has 0 unspecified atom stereocenters. The number of hydrogen-bond donors (Lipinski definition) is 0. The second-order valence-electron chi connectivity index (χ2n) is 4.30. The van der Waals surface area contributed by atoms with E-state index in [4.69, 9.17) is 0 Å². The standard InChI is InChI=1S/C15H16N2O4/c1-5-14(16-9-10(2)3)11-6-12(15(18)21-4)8-13(7-11)17(19)20/h5-9H,2H2,1,3-4H3/b14-5-,16-9-. The van der Waals surface area contributed by atoms with Crippen molar-refractivity contribution in [2.75, 3.05) is 7.11 Å². The highest BCUT2D eigenvalue weighted by atomic mass is 16.6. The second-order valence-corrected chi connectivity index (χ2v) is 4.30. The Morgan fingerprint density at radius 3 is 2.48 bits per heavy atom. The second kappa shape index (κ2) is 7.14. The van der Waals surface area contributed by atoms with Crippen LogP contribution in [-0.4, -0.2) is 24.2 Å². The summed E-state index contributed by atoms with van der Waals surface area (Å²) >= 11 is 0. The molecule has 1 aromatic rings. The summed E-state index contributed by atoms with van der Waals surface area (Å²) in [6.07, 6.45) is 3.24. The van der Waals surface area contributed by atoms with Gasteiger partial charge in [0.05, 0.1) is 23.3 Å². The van der Waals surface area contributed by atoms with Gasteiger partial charge in [-0.3, -0.25) is 15.1 Å². The van der Waals surface area contributed by atoms with E-state index in [0.717, 1.165) is 5.57 Å². The van der Waals surface area contributed by atoms with Crippen LogP contribution in [0.5, 0.6) is 0 Å². The first kappa shape index (κ1) is 16.3. The number of allylic oxidation sites excluding steroid dienone is 2. The molecule has 0 aliphatic heterocycles. The molecule has 0 atom stereocenters. The minimum absolute atomic E-state index is 0.103. The fourth-order valence-corrected chi connectivity index (χ4v) is 1.60. The number of rotatable bonds is 5. The van der Waals surface area contributed by atoms with Gasteiger partial charge in [0.2, 0.25) is 0 Å². The highest BCUT2D eigenvalue weighted by Gasteiger charge is 2.16. The number of benzene rings is 1. The molecule has 0 amide bonds. The van der Waals surface area contributed by atoms with Crippen LogP contribution in [0.25, 0.3) is 5.70 Å². The zero-order valence-electron chi connectivity index (χ0n) is 12.1. The van der Waals surface area contributed by atoms with Crippen molar-refractivity contribution in [1.29, 1.82) is 0 Å². The van der Waals surface area contributed by atoms with Crippen LogP contribution in [0.3, 0.4) is 0 Å². The molecule has 1 aromatic carbocycles. The Bertz CT molecular complexity index is 645. The predicted octanol–water partition coefficient (Wildman–Crippen LogP) is 3.39. The van der Waals surface area contributed by atoms with E-state index >= 15 is 0 Å². The number of esters is 1. The summed E-state index contributed by atoms with van der Waals surface area (Å²) in [6, 6.07) is 4.03. The summed E-state index contributed by atoms with van der Waals surface area (Å²) in [5.74, 6) is -0.640. The van der Waals surface area contributed by atoms with Gasteiger partial charge in [-0.2, -0.15) is 0 Å². The Balaban J connectivity index is 3.40. The normalized spacial score (nSPS) is 11.5. The van der Waals surface area contributed by atoms with E-state index in [9.17, 15) is 14.9 Å². The number of non-ortho nitro benzene ring substituents is 1. The van der Waals surface area contributed by atoms with Crippen molar-refractivity contribution in [2.45, 2.75) is 13.8 Å². The van der Waals surface area contributed by atoms with Gasteiger partial charge in [0.1, 0.15) is 0 Å². The van der Waals surface area contributed by atoms with Crippen LogP contribution in [0.15, 0.2) is 41.4 Å². The maximum Gasteiger partial charge on any atom is 0.338 e. The number of nitro groups is 1. The molecule has 1 rings (SSSR count). The van der Waals surface area contributed by atoms with E-state index in [2.05, 4.69) is 16.3 Å². The quantitative estimate of drug-likeness (QED) is 0.360. The fourth-order valence-electron chi connectivity index (χ4n) is 1.60. The van der Waals surface area contributed by atoms with Gasteiger partial charge in [0, 0.05) is 23.9 Å². The van der Waals surface area contributed by atoms with Crippen molar-refractivity contribution in [3.8, 4) is 0 Å². The van der Waals surface area contributed by atoms with Gasteiger partial charge >= 0.3 is 5.97 Å². The first-order valence-electron chi connectivity index (χ1n) is 6.13. The molecule has 0 spiro atoms. The third kappa shape index (κ3) is 4.38. The third-order valence-electron chi connectivity index (χ3n) is 2.54. The van der Waals surface area contributed by atoms with Gasteiger partial charge in [-0.15, -0.1) is 0 Å². The summed E-state index contributed by atoms with van der Waals surface area (Å²) in [4.78, 5) is 26.2. The van der Waals surface area contributed by atoms with Crippen LogP contribution in [0.1, 0.15) is 29.8 Å². The van der Waals surface area contributed by atoms with E-state index in [0.29, 0.717) is 11.3 Å². The number of nitro benzene ring substituents is 1. The molecular formula is C15H16N2O4.